The highest BCUT2D eigenvalue weighted by Gasteiger charge is 2.17. The van der Waals surface area contributed by atoms with E-state index in [-0.39, 0.29) is 24.1 Å². The molecular weight excluding hydrogens is 443 g/mol. The number of amides is 1. The van der Waals surface area contributed by atoms with Gasteiger partial charge in [-0.2, -0.15) is 0 Å². The quantitative estimate of drug-likeness (QED) is 0.574. The first-order chi connectivity index (χ1) is 15.5. The Hall–Kier alpha value is -3.00. The van der Waals surface area contributed by atoms with Crippen molar-refractivity contribution in [1.29, 1.82) is 0 Å². The molecule has 2 aromatic carbocycles. The molecule has 1 fully saturated rings. The predicted octanol–water partition coefficient (Wildman–Crippen LogP) is 4.51. The number of aromatic nitrogens is 1. The largest absolute Gasteiger partial charge is 0.439 e. The van der Waals surface area contributed by atoms with Gasteiger partial charge in [-0.05, 0) is 55.0 Å². The number of ether oxygens (including phenoxy) is 1. The van der Waals surface area contributed by atoms with E-state index in [1.165, 1.54) is 36.0 Å². The summed E-state index contributed by atoms with van der Waals surface area (Å²) in [6.07, 6.45) is 1.48. The van der Waals surface area contributed by atoms with Crippen LogP contribution in [0.25, 0.3) is 0 Å². The van der Waals surface area contributed by atoms with Crippen LogP contribution in [0.3, 0.4) is 0 Å². The molecule has 6 nitrogen and oxygen atoms in total. The Balaban J connectivity index is 0.00000306. The third kappa shape index (κ3) is 6.51. The first-order valence-corrected chi connectivity index (χ1v) is 10.7. The van der Waals surface area contributed by atoms with Gasteiger partial charge in [-0.25, -0.2) is 9.37 Å². The lowest BCUT2D eigenvalue weighted by Gasteiger charge is -2.31. The Bertz CT molecular complexity index is 1050. The Labute approximate surface area is 199 Å². The summed E-state index contributed by atoms with van der Waals surface area (Å²) in [6.45, 7) is 6.19. The molecule has 1 aromatic heterocycles. The number of benzene rings is 2. The molecule has 8 heteroatoms. The second-order valence-corrected chi connectivity index (χ2v) is 8.06. The monoisotopic (exact) mass is 470 g/mol. The van der Waals surface area contributed by atoms with Crippen molar-refractivity contribution >= 4 is 24.0 Å². The molecule has 1 saturated heterocycles. The average Bonchev–Trinajstić information content (AvgIpc) is 2.81. The molecule has 174 valence electrons. The second-order valence-electron chi connectivity index (χ2n) is 8.06. The van der Waals surface area contributed by atoms with Gasteiger partial charge in [0.05, 0.1) is 5.56 Å². The summed E-state index contributed by atoms with van der Waals surface area (Å²) in [5.74, 6) is 0.322. The second kappa shape index (κ2) is 11.2. The SMILES string of the molecule is C[C@H]1CN(Cc2ccc(N(C)C(=O)c3ccc(Oc4ccc(F)cc4)nc3)cc2)CCN1.Cl. The third-order valence-electron chi connectivity index (χ3n) is 5.51. The zero-order valence-corrected chi connectivity index (χ0v) is 19.5. The topological polar surface area (TPSA) is 57.7 Å². The summed E-state index contributed by atoms with van der Waals surface area (Å²) >= 11 is 0. The molecule has 0 saturated carbocycles. The summed E-state index contributed by atoms with van der Waals surface area (Å²) in [5.41, 5.74) is 2.50. The van der Waals surface area contributed by atoms with E-state index in [0.717, 1.165) is 31.9 Å². The molecule has 0 bridgehead atoms. The van der Waals surface area contributed by atoms with Gasteiger partial charge >= 0.3 is 0 Å². The molecule has 1 aliphatic rings. The maximum absolute atomic E-state index is 13.0. The summed E-state index contributed by atoms with van der Waals surface area (Å²) in [7, 11) is 1.75. The molecule has 1 N–H and O–H groups in total. The first kappa shape index (κ1) is 24.6. The van der Waals surface area contributed by atoms with Crippen molar-refractivity contribution in [3.05, 3.63) is 83.8 Å². The van der Waals surface area contributed by atoms with Crippen LogP contribution in [0.1, 0.15) is 22.8 Å². The van der Waals surface area contributed by atoms with E-state index >= 15 is 0 Å². The molecule has 4 rings (SSSR count). The summed E-state index contributed by atoms with van der Waals surface area (Å²) in [6, 6.07) is 17.6. The maximum Gasteiger partial charge on any atom is 0.259 e. The highest BCUT2D eigenvalue weighted by molar-refractivity contribution is 6.05. The van der Waals surface area contributed by atoms with Gasteiger partial charge in [0.1, 0.15) is 11.6 Å². The van der Waals surface area contributed by atoms with Gasteiger partial charge in [-0.15, -0.1) is 12.4 Å². The van der Waals surface area contributed by atoms with Crippen molar-refractivity contribution in [3.63, 3.8) is 0 Å². The fourth-order valence-electron chi connectivity index (χ4n) is 3.74. The Morgan fingerprint density at radius 1 is 1.15 bits per heavy atom. The van der Waals surface area contributed by atoms with Gasteiger partial charge in [0.15, 0.2) is 0 Å². The lowest BCUT2D eigenvalue weighted by atomic mass is 10.1. The van der Waals surface area contributed by atoms with Crippen LogP contribution in [0, 0.1) is 5.82 Å². The average molecular weight is 471 g/mol. The van der Waals surface area contributed by atoms with Crippen molar-refractivity contribution in [2.45, 2.75) is 19.5 Å². The number of carbonyl (C=O) groups excluding carboxylic acids is 1. The van der Waals surface area contributed by atoms with Gasteiger partial charge in [0.2, 0.25) is 5.88 Å². The number of halogens is 2. The molecule has 0 spiro atoms. The number of anilines is 1. The Morgan fingerprint density at radius 3 is 2.52 bits per heavy atom. The minimum atomic E-state index is -0.333. The maximum atomic E-state index is 13.0. The lowest BCUT2D eigenvalue weighted by molar-refractivity contribution is 0.0992. The van der Waals surface area contributed by atoms with Crippen LogP contribution in [-0.2, 0) is 6.54 Å². The molecule has 1 amide bonds. The number of pyridine rings is 1. The van der Waals surface area contributed by atoms with Gasteiger partial charge < -0.3 is 15.0 Å². The highest BCUT2D eigenvalue weighted by atomic mass is 35.5. The number of carbonyl (C=O) groups is 1. The number of nitrogens with one attached hydrogen (secondary N) is 1. The van der Waals surface area contributed by atoms with Gasteiger partial charge in [0.25, 0.3) is 5.91 Å². The zero-order valence-electron chi connectivity index (χ0n) is 18.7. The number of nitrogens with zero attached hydrogens (tertiary/aromatic N) is 3. The predicted molar refractivity (Wildman–Crippen MR) is 130 cm³/mol. The van der Waals surface area contributed by atoms with Crippen LogP contribution in [-0.4, -0.2) is 48.5 Å². The molecule has 0 unspecified atom stereocenters. The molecule has 1 atom stereocenters. The fourth-order valence-corrected chi connectivity index (χ4v) is 3.74. The molecular formula is C25H28ClFN4O2. The smallest absolute Gasteiger partial charge is 0.259 e. The van der Waals surface area contributed by atoms with Crippen molar-refractivity contribution in [2.75, 3.05) is 31.6 Å². The van der Waals surface area contributed by atoms with Crippen LogP contribution in [0.4, 0.5) is 10.1 Å². The van der Waals surface area contributed by atoms with Gasteiger partial charge in [0, 0.05) is 57.2 Å². The van der Waals surface area contributed by atoms with Crippen LogP contribution in [0.15, 0.2) is 66.9 Å². The van der Waals surface area contributed by atoms with E-state index in [1.54, 1.807) is 24.1 Å². The third-order valence-corrected chi connectivity index (χ3v) is 5.51. The van der Waals surface area contributed by atoms with Crippen molar-refractivity contribution < 1.29 is 13.9 Å². The Morgan fingerprint density at radius 2 is 1.88 bits per heavy atom. The molecule has 3 aromatic rings. The fraction of sp³-hybridized carbons (Fsp3) is 0.280. The Kier molecular flexibility index (Phi) is 8.38. The highest BCUT2D eigenvalue weighted by Crippen LogP contribution is 2.21. The van der Waals surface area contributed by atoms with Crippen molar-refractivity contribution in [1.82, 2.24) is 15.2 Å². The molecule has 2 heterocycles. The summed E-state index contributed by atoms with van der Waals surface area (Å²) in [4.78, 5) is 21.1. The molecule has 0 radical (unpaired) electrons. The minimum absolute atomic E-state index is 0. The van der Waals surface area contributed by atoms with E-state index in [2.05, 4.69) is 34.3 Å². The number of rotatable bonds is 6. The minimum Gasteiger partial charge on any atom is -0.439 e. The lowest BCUT2D eigenvalue weighted by Crippen LogP contribution is -2.48. The number of hydrogen-bond acceptors (Lipinski definition) is 5. The van der Waals surface area contributed by atoms with Crippen LogP contribution < -0.4 is 15.0 Å². The van der Waals surface area contributed by atoms with Crippen molar-refractivity contribution in [2.24, 2.45) is 0 Å². The zero-order chi connectivity index (χ0) is 22.5. The van der Waals surface area contributed by atoms with E-state index < -0.39 is 0 Å². The molecule has 33 heavy (non-hydrogen) atoms. The van der Waals surface area contributed by atoms with Gasteiger partial charge in [-0.1, -0.05) is 12.1 Å². The van der Waals surface area contributed by atoms with E-state index in [1.807, 2.05) is 12.1 Å². The van der Waals surface area contributed by atoms with Crippen LogP contribution >= 0.6 is 12.4 Å². The van der Waals surface area contributed by atoms with Crippen molar-refractivity contribution in [3.8, 4) is 11.6 Å². The van der Waals surface area contributed by atoms with Gasteiger partial charge in [-0.3, -0.25) is 9.69 Å². The first-order valence-electron chi connectivity index (χ1n) is 10.7. The summed E-state index contributed by atoms with van der Waals surface area (Å²) in [5, 5.41) is 3.45. The normalized spacial score (nSPS) is 16.0. The molecule has 0 aliphatic carbocycles. The van der Waals surface area contributed by atoms with Crippen LogP contribution in [0.2, 0.25) is 0 Å². The summed E-state index contributed by atoms with van der Waals surface area (Å²) < 4.78 is 18.6. The number of piperazine rings is 1. The molecule has 1 aliphatic heterocycles. The van der Waals surface area contributed by atoms with Crippen LogP contribution in [0.5, 0.6) is 11.6 Å². The van der Waals surface area contributed by atoms with E-state index in [4.69, 9.17) is 4.74 Å². The van der Waals surface area contributed by atoms with E-state index in [0.29, 0.717) is 23.2 Å². The number of hydrogen-bond donors (Lipinski definition) is 1. The van der Waals surface area contributed by atoms with E-state index in [9.17, 15) is 9.18 Å². The standard InChI is InChI=1S/C25H27FN4O2.ClH/c1-18-16-30(14-13-27-18)17-19-3-8-22(9-4-19)29(2)25(31)20-5-12-24(28-15-20)32-23-10-6-21(26)7-11-23;/h3-12,15,18,27H,13-14,16-17H2,1-2H3;1H/t18-;/m0./s1.